The van der Waals surface area contributed by atoms with E-state index in [-0.39, 0.29) is 18.5 Å². The zero-order valence-electron chi connectivity index (χ0n) is 17.7. The van der Waals surface area contributed by atoms with Crippen LogP contribution in [-0.4, -0.2) is 24.0 Å². The van der Waals surface area contributed by atoms with Gasteiger partial charge in [-0.25, -0.2) is 9.59 Å². The van der Waals surface area contributed by atoms with Crippen molar-refractivity contribution in [3.63, 3.8) is 0 Å². The molecule has 3 aromatic rings. The lowest BCUT2D eigenvalue weighted by Gasteiger charge is -2.32. The third-order valence-electron chi connectivity index (χ3n) is 4.90. The van der Waals surface area contributed by atoms with E-state index in [1.165, 1.54) is 0 Å². The molecule has 3 aromatic carbocycles. The molecule has 1 aliphatic rings. The SMILES string of the molecule is CC1CN(C(=O)OCc2ccccc2)c2cc(NC(=O)OCc3ccccc3)ccc2S1. The summed E-state index contributed by atoms with van der Waals surface area (Å²) < 4.78 is 10.8. The number of nitrogens with one attached hydrogen (secondary N) is 1. The van der Waals surface area contributed by atoms with Crippen LogP contribution >= 0.6 is 11.8 Å². The number of hydrogen-bond acceptors (Lipinski definition) is 5. The Morgan fingerprint density at radius 2 is 1.56 bits per heavy atom. The zero-order chi connectivity index (χ0) is 22.3. The first-order valence-electron chi connectivity index (χ1n) is 10.3. The van der Waals surface area contributed by atoms with Crippen LogP contribution in [0.5, 0.6) is 0 Å². The number of amides is 2. The average Bonchev–Trinajstić information content (AvgIpc) is 2.82. The number of ether oxygens (including phenoxy) is 2. The Bertz CT molecular complexity index is 1080. The standard InChI is InChI=1S/C25H24N2O4S/c1-18-15-27(25(29)31-17-20-10-6-3-7-11-20)22-14-21(12-13-23(22)32-18)26-24(28)30-16-19-8-4-2-5-9-19/h2-14,18H,15-17H2,1H3,(H,26,28). The highest BCUT2D eigenvalue weighted by Crippen LogP contribution is 2.40. The van der Waals surface area contributed by atoms with Gasteiger partial charge in [-0.15, -0.1) is 11.8 Å². The quantitative estimate of drug-likeness (QED) is 0.513. The fraction of sp³-hybridized carbons (Fsp3) is 0.200. The second-order valence-electron chi connectivity index (χ2n) is 7.45. The monoisotopic (exact) mass is 448 g/mol. The molecule has 164 valence electrons. The van der Waals surface area contributed by atoms with Gasteiger partial charge in [0.2, 0.25) is 0 Å². The van der Waals surface area contributed by atoms with Gasteiger partial charge in [-0.2, -0.15) is 0 Å². The molecule has 0 aliphatic carbocycles. The number of fused-ring (bicyclic) bond motifs is 1. The fourth-order valence-electron chi connectivity index (χ4n) is 3.36. The van der Waals surface area contributed by atoms with E-state index in [2.05, 4.69) is 12.2 Å². The zero-order valence-corrected chi connectivity index (χ0v) is 18.5. The Morgan fingerprint density at radius 3 is 2.22 bits per heavy atom. The Morgan fingerprint density at radius 1 is 0.938 bits per heavy atom. The molecule has 32 heavy (non-hydrogen) atoms. The fourth-order valence-corrected chi connectivity index (χ4v) is 4.46. The van der Waals surface area contributed by atoms with E-state index >= 15 is 0 Å². The summed E-state index contributed by atoms with van der Waals surface area (Å²) in [7, 11) is 0. The minimum absolute atomic E-state index is 0.183. The van der Waals surface area contributed by atoms with Crippen molar-refractivity contribution in [1.29, 1.82) is 0 Å². The highest BCUT2D eigenvalue weighted by molar-refractivity contribution is 8.00. The second-order valence-corrected chi connectivity index (χ2v) is 8.93. The van der Waals surface area contributed by atoms with Crippen molar-refractivity contribution < 1.29 is 19.1 Å². The van der Waals surface area contributed by atoms with Crippen LogP contribution in [0.15, 0.2) is 83.8 Å². The maximum atomic E-state index is 12.9. The molecule has 0 radical (unpaired) electrons. The summed E-state index contributed by atoms with van der Waals surface area (Å²) in [5.41, 5.74) is 3.10. The van der Waals surface area contributed by atoms with Gasteiger partial charge in [0.15, 0.2) is 0 Å². The maximum Gasteiger partial charge on any atom is 0.414 e. The van der Waals surface area contributed by atoms with E-state index in [0.717, 1.165) is 16.0 Å². The van der Waals surface area contributed by atoms with E-state index in [1.807, 2.05) is 66.7 Å². The molecule has 2 amide bonds. The average molecular weight is 449 g/mol. The van der Waals surface area contributed by atoms with Crippen LogP contribution in [-0.2, 0) is 22.7 Å². The number of thioether (sulfide) groups is 1. The normalized spacial score (nSPS) is 14.9. The molecular formula is C25H24N2O4S. The predicted molar refractivity (Wildman–Crippen MR) is 126 cm³/mol. The van der Waals surface area contributed by atoms with Crippen LogP contribution in [0.4, 0.5) is 21.0 Å². The van der Waals surface area contributed by atoms with Crippen molar-refractivity contribution in [3.8, 4) is 0 Å². The van der Waals surface area contributed by atoms with Crippen LogP contribution in [0.1, 0.15) is 18.1 Å². The third-order valence-corrected chi connectivity index (χ3v) is 6.05. The van der Waals surface area contributed by atoms with Crippen LogP contribution in [0.3, 0.4) is 0 Å². The van der Waals surface area contributed by atoms with Gasteiger partial charge in [0.05, 0.1) is 5.69 Å². The molecule has 0 aromatic heterocycles. The number of nitrogens with zero attached hydrogens (tertiary/aromatic N) is 1. The Kier molecular flexibility index (Phi) is 6.97. The van der Waals surface area contributed by atoms with E-state index < -0.39 is 12.2 Å². The topological polar surface area (TPSA) is 67.9 Å². The smallest absolute Gasteiger partial charge is 0.414 e. The molecule has 7 heteroatoms. The predicted octanol–water partition coefficient (Wildman–Crippen LogP) is 6.07. The van der Waals surface area contributed by atoms with Crippen molar-refractivity contribution in [3.05, 3.63) is 90.0 Å². The first-order valence-corrected chi connectivity index (χ1v) is 11.2. The number of anilines is 2. The van der Waals surface area contributed by atoms with Gasteiger partial charge >= 0.3 is 12.2 Å². The molecular weight excluding hydrogens is 424 g/mol. The summed E-state index contributed by atoms with van der Waals surface area (Å²) in [4.78, 5) is 27.7. The molecule has 1 aliphatic heterocycles. The first-order chi connectivity index (χ1) is 15.6. The Labute approximate surface area is 191 Å². The minimum atomic E-state index is -0.552. The van der Waals surface area contributed by atoms with E-state index in [4.69, 9.17) is 9.47 Å². The first kappa shape index (κ1) is 21.8. The number of benzene rings is 3. The summed E-state index contributed by atoms with van der Waals surface area (Å²) in [6.07, 6.45) is -0.963. The van der Waals surface area contributed by atoms with E-state index in [1.54, 1.807) is 28.8 Å². The van der Waals surface area contributed by atoms with Gasteiger partial charge in [0, 0.05) is 22.4 Å². The van der Waals surface area contributed by atoms with Gasteiger partial charge in [-0.05, 0) is 29.3 Å². The van der Waals surface area contributed by atoms with Crippen LogP contribution in [0.2, 0.25) is 0 Å². The molecule has 1 N–H and O–H groups in total. The molecule has 0 spiro atoms. The number of hydrogen-bond donors (Lipinski definition) is 1. The van der Waals surface area contributed by atoms with Gasteiger partial charge in [0.1, 0.15) is 13.2 Å². The van der Waals surface area contributed by atoms with Crippen molar-refractivity contribution in [2.45, 2.75) is 30.3 Å². The van der Waals surface area contributed by atoms with Gasteiger partial charge < -0.3 is 9.47 Å². The lowest BCUT2D eigenvalue weighted by atomic mass is 10.2. The lowest BCUT2D eigenvalue weighted by molar-refractivity contribution is 0.147. The molecule has 6 nitrogen and oxygen atoms in total. The molecule has 0 saturated heterocycles. The molecule has 0 saturated carbocycles. The van der Waals surface area contributed by atoms with Crippen molar-refractivity contribution in [1.82, 2.24) is 0 Å². The van der Waals surface area contributed by atoms with Gasteiger partial charge in [-0.3, -0.25) is 10.2 Å². The van der Waals surface area contributed by atoms with Crippen LogP contribution < -0.4 is 10.2 Å². The van der Waals surface area contributed by atoms with Crippen LogP contribution in [0.25, 0.3) is 0 Å². The van der Waals surface area contributed by atoms with Crippen molar-refractivity contribution in [2.75, 3.05) is 16.8 Å². The molecule has 1 heterocycles. The second kappa shape index (κ2) is 10.2. The Balaban J connectivity index is 1.42. The third kappa shape index (κ3) is 5.62. The molecule has 4 rings (SSSR count). The number of rotatable bonds is 5. The van der Waals surface area contributed by atoms with Gasteiger partial charge in [-0.1, -0.05) is 67.6 Å². The van der Waals surface area contributed by atoms with Crippen molar-refractivity contribution in [2.24, 2.45) is 0 Å². The number of carbonyl (C=O) groups excluding carboxylic acids is 2. The van der Waals surface area contributed by atoms with E-state index in [0.29, 0.717) is 17.9 Å². The maximum absolute atomic E-state index is 12.9. The van der Waals surface area contributed by atoms with Crippen LogP contribution in [0, 0.1) is 0 Å². The summed E-state index contributed by atoms with van der Waals surface area (Å²) in [5.74, 6) is 0. The van der Waals surface area contributed by atoms with Gasteiger partial charge in [0.25, 0.3) is 0 Å². The molecule has 1 unspecified atom stereocenters. The highest BCUT2D eigenvalue weighted by atomic mass is 32.2. The van der Waals surface area contributed by atoms with Crippen molar-refractivity contribution >= 4 is 35.3 Å². The summed E-state index contributed by atoms with van der Waals surface area (Å²) in [6, 6.07) is 24.5. The Hall–Kier alpha value is -3.45. The lowest BCUT2D eigenvalue weighted by Crippen LogP contribution is -2.39. The summed E-state index contributed by atoms with van der Waals surface area (Å²) in [5, 5.41) is 2.97. The molecule has 0 bridgehead atoms. The number of carbonyl (C=O) groups is 2. The van der Waals surface area contributed by atoms with E-state index in [9.17, 15) is 9.59 Å². The molecule has 0 fully saturated rings. The largest absolute Gasteiger partial charge is 0.444 e. The summed E-state index contributed by atoms with van der Waals surface area (Å²) >= 11 is 1.69. The minimum Gasteiger partial charge on any atom is -0.444 e. The highest BCUT2D eigenvalue weighted by Gasteiger charge is 2.28. The molecule has 1 atom stereocenters. The summed E-state index contributed by atoms with van der Waals surface area (Å²) in [6.45, 7) is 2.98.